The summed E-state index contributed by atoms with van der Waals surface area (Å²) in [5, 5.41) is 4.10. The van der Waals surface area contributed by atoms with E-state index >= 15 is 28.8 Å². The van der Waals surface area contributed by atoms with Gasteiger partial charge in [-0.25, -0.2) is 0 Å². The van der Waals surface area contributed by atoms with Gasteiger partial charge >= 0.3 is 0 Å². The number of unbranched alkanes of at least 4 members (excludes halogenated alkanes) is 16. The van der Waals surface area contributed by atoms with Crippen LogP contribution in [0, 0.1) is 23.7 Å². The summed E-state index contributed by atoms with van der Waals surface area (Å²) < 4.78 is 0. The molecule has 5 aliphatic rings. The average molecular weight is 1480 g/mol. The van der Waals surface area contributed by atoms with Gasteiger partial charge in [0.05, 0.1) is 64.6 Å². The van der Waals surface area contributed by atoms with Crippen molar-refractivity contribution in [2.75, 3.05) is 26.2 Å². The molecule has 556 valence electrons. The molecule has 14 heteroatoms. The first kappa shape index (κ1) is 78.5. The van der Waals surface area contributed by atoms with Crippen molar-refractivity contribution in [3.05, 3.63) is 160 Å². The summed E-state index contributed by atoms with van der Waals surface area (Å²) in [6.45, 7) is 20.2. The minimum atomic E-state index is -0.223. The van der Waals surface area contributed by atoms with E-state index in [1.165, 1.54) is 74.0 Å². The van der Waals surface area contributed by atoms with Gasteiger partial charge in [-0.1, -0.05) is 234 Å². The van der Waals surface area contributed by atoms with Gasteiger partial charge in [0.25, 0.3) is 23.6 Å². The van der Waals surface area contributed by atoms with Gasteiger partial charge in [-0.15, -0.1) is 45.3 Å². The Morgan fingerprint density at radius 3 is 0.817 bits per heavy atom. The van der Waals surface area contributed by atoms with E-state index < -0.39 is 0 Å². The fourth-order valence-electron chi connectivity index (χ4n) is 16.8. The maximum atomic E-state index is 15.7. The van der Waals surface area contributed by atoms with E-state index in [9.17, 15) is 0 Å². The third-order valence-electron chi connectivity index (χ3n) is 22.6. The Morgan fingerprint density at radius 2 is 0.548 bits per heavy atom. The van der Waals surface area contributed by atoms with E-state index in [0.717, 1.165) is 206 Å². The third-order valence-corrected chi connectivity index (χ3v) is 26.7. The van der Waals surface area contributed by atoms with Gasteiger partial charge in [-0.3, -0.25) is 28.8 Å². The molecule has 104 heavy (non-hydrogen) atoms. The maximum absolute atomic E-state index is 15.7. The second kappa shape index (κ2) is 38.3. The second-order valence-electron chi connectivity index (χ2n) is 30.4. The highest BCUT2D eigenvalue weighted by molar-refractivity contribution is 7.17. The number of carbonyl (C=O) groups excluding carboxylic acids is 6. The van der Waals surface area contributed by atoms with Crippen molar-refractivity contribution in [2.45, 2.75) is 261 Å². The molecule has 11 rings (SSSR count). The van der Waals surface area contributed by atoms with Crippen molar-refractivity contribution < 1.29 is 28.8 Å². The zero-order chi connectivity index (χ0) is 73.2. The molecule has 2 aromatic carbocycles. The molecule has 0 radical (unpaired) electrons. The van der Waals surface area contributed by atoms with Crippen LogP contribution in [0.1, 0.15) is 312 Å². The van der Waals surface area contributed by atoms with Gasteiger partial charge in [0, 0.05) is 58.2 Å². The first-order valence-electron chi connectivity index (χ1n) is 40.7. The Kier molecular flexibility index (Phi) is 28.9. The van der Waals surface area contributed by atoms with Crippen LogP contribution in [0.5, 0.6) is 0 Å². The van der Waals surface area contributed by atoms with E-state index in [1.54, 1.807) is 34.8 Å². The lowest BCUT2D eigenvalue weighted by Gasteiger charge is -2.29. The van der Waals surface area contributed by atoms with Crippen molar-refractivity contribution in [2.24, 2.45) is 23.7 Å². The molecule has 4 aliphatic heterocycles. The molecular formula is C90H116N4O6S4. The molecular weight excluding hydrogens is 1360 g/mol. The molecule has 4 unspecified atom stereocenters. The first-order valence-corrected chi connectivity index (χ1v) is 44.1. The highest BCUT2D eigenvalue weighted by Gasteiger charge is 2.52. The first-order chi connectivity index (χ1) is 50.8. The highest BCUT2D eigenvalue weighted by Crippen LogP contribution is 2.53. The van der Waals surface area contributed by atoms with Gasteiger partial charge in [0.15, 0.2) is 11.6 Å². The van der Waals surface area contributed by atoms with Crippen LogP contribution in [-0.4, -0.2) is 81.0 Å². The number of benzene rings is 2. The van der Waals surface area contributed by atoms with E-state index in [1.807, 2.05) is 78.9 Å². The molecule has 0 saturated carbocycles. The molecule has 4 amide bonds. The molecule has 1 aliphatic carbocycles. The Morgan fingerprint density at radius 1 is 0.279 bits per heavy atom. The van der Waals surface area contributed by atoms with Gasteiger partial charge in [-0.05, 0) is 158 Å². The molecule has 0 saturated heterocycles. The van der Waals surface area contributed by atoms with E-state index in [0.29, 0.717) is 94.0 Å². The molecule has 0 bridgehead atoms. The summed E-state index contributed by atoms with van der Waals surface area (Å²) >= 11 is 6.26. The quantitative estimate of drug-likeness (QED) is 0.0351. The predicted molar refractivity (Wildman–Crippen MR) is 437 cm³/mol. The molecule has 6 aromatic rings. The Bertz CT molecular complexity index is 3820. The number of amides is 4. The Hall–Kier alpha value is -6.58. The van der Waals surface area contributed by atoms with Gasteiger partial charge in [-0.2, -0.15) is 0 Å². The van der Waals surface area contributed by atoms with Crippen LogP contribution in [0.15, 0.2) is 118 Å². The average Bonchev–Trinajstić information content (AvgIpc) is 1.62. The van der Waals surface area contributed by atoms with Crippen LogP contribution in [0.25, 0.3) is 43.7 Å². The summed E-state index contributed by atoms with van der Waals surface area (Å²) in [5.41, 5.74) is 7.98. The van der Waals surface area contributed by atoms with E-state index in [-0.39, 0.29) is 47.0 Å². The standard InChI is InChI=1S/C90H116N4O6S4/c1-9-17-25-29-39-61(35-21-13-5)57-91-81(73-43-33-53-101-73)77-79(89(91)99)83(93(87(77)97)59-63(37-23-15-7)41-31-27-19-11-3)75-51-49-71(103-75)65-45-47-67-69(55-65)85(95)68-48-46-66(56-70(68)86(67)96)72-50-52-76(104-72)84-80-78(88(98)94(84)60-64(38-24-16-8)42-32-28-20-12-4)82(74-44-34-54-102-74)92(90(80)100)58-62(36-22-14-6)40-30-26-18-10-2/h33-34,43-56,61-64H,9-32,35-42,57-60H2,1-8H3. The molecule has 4 aromatic heterocycles. The summed E-state index contributed by atoms with van der Waals surface area (Å²) in [7, 11) is 0. The van der Waals surface area contributed by atoms with Crippen LogP contribution < -0.4 is 0 Å². The molecule has 8 heterocycles. The zero-order valence-corrected chi connectivity index (χ0v) is 67.1. The van der Waals surface area contributed by atoms with Crippen LogP contribution in [-0.2, 0) is 19.2 Å². The normalized spacial score (nSPS) is 16.4. The predicted octanol–water partition coefficient (Wildman–Crippen LogP) is 24.8. The largest absolute Gasteiger partial charge is 0.306 e. The Labute approximate surface area is 638 Å². The minimum absolute atomic E-state index is 0.0859. The maximum Gasteiger partial charge on any atom is 0.261 e. The van der Waals surface area contributed by atoms with Crippen molar-refractivity contribution in [3.63, 3.8) is 0 Å². The number of fused-ring (bicyclic) bond motifs is 4. The fourth-order valence-corrected chi connectivity index (χ4v) is 20.5. The second-order valence-corrected chi connectivity index (χ2v) is 34.5. The van der Waals surface area contributed by atoms with Crippen LogP contribution in [0.4, 0.5) is 0 Å². The number of hydrogen-bond donors (Lipinski definition) is 0. The van der Waals surface area contributed by atoms with Crippen molar-refractivity contribution in [1.82, 2.24) is 19.6 Å². The van der Waals surface area contributed by atoms with Gasteiger partial charge in [0.1, 0.15) is 0 Å². The summed E-state index contributed by atoms with van der Waals surface area (Å²) in [6.07, 6.45) is 35.5. The smallest absolute Gasteiger partial charge is 0.261 e. The van der Waals surface area contributed by atoms with E-state index in [4.69, 9.17) is 0 Å². The number of thiophene rings is 4. The third kappa shape index (κ3) is 17.7. The Balaban J connectivity index is 0.923. The van der Waals surface area contributed by atoms with Gasteiger partial charge < -0.3 is 19.6 Å². The van der Waals surface area contributed by atoms with Crippen LogP contribution >= 0.6 is 45.3 Å². The molecule has 0 N–H and O–H groups in total. The van der Waals surface area contributed by atoms with Crippen LogP contribution in [0.3, 0.4) is 0 Å². The molecule has 4 atom stereocenters. The molecule has 0 fully saturated rings. The molecule has 0 spiro atoms. The topological polar surface area (TPSA) is 115 Å². The number of ketones is 2. The lowest BCUT2D eigenvalue weighted by atomic mass is 9.82. The van der Waals surface area contributed by atoms with E-state index in [2.05, 4.69) is 79.7 Å². The number of nitrogens with zero attached hydrogens (tertiary/aromatic N) is 4. The molecule has 10 nitrogen and oxygen atoms in total. The number of carbonyl (C=O) groups is 6. The summed E-state index contributed by atoms with van der Waals surface area (Å²) in [6, 6.07) is 27.6. The van der Waals surface area contributed by atoms with Crippen molar-refractivity contribution in [1.29, 1.82) is 0 Å². The van der Waals surface area contributed by atoms with Gasteiger partial charge in [0.2, 0.25) is 0 Å². The number of rotatable bonds is 46. The van der Waals surface area contributed by atoms with Crippen LogP contribution in [0.2, 0.25) is 0 Å². The highest BCUT2D eigenvalue weighted by atomic mass is 32.1. The SMILES string of the molecule is CCCCCCC(CCCC)CN1C(=O)C2=C(c3ccc(-c4ccc5c(c4)C(=O)c4ccc(-c6ccc(C7=C8C(=O)N(CC(CCCC)CCCCCC)C(c9cccs9)=C8C(=O)N7CC(CCCC)CCCCCC)s6)cc4C5=O)s3)N(CC(CCCC)CCCCCC)C(=O)C2=C1c1cccs1. The lowest BCUT2D eigenvalue weighted by Crippen LogP contribution is -2.34. The monoisotopic (exact) mass is 1480 g/mol. The van der Waals surface area contributed by atoms with Crippen molar-refractivity contribution in [3.8, 4) is 20.9 Å². The summed E-state index contributed by atoms with van der Waals surface area (Å²) in [5.74, 6) is 0.385. The number of hydrogen-bond acceptors (Lipinski definition) is 10. The van der Waals surface area contributed by atoms with Crippen molar-refractivity contribution >= 4 is 103 Å². The summed E-state index contributed by atoms with van der Waals surface area (Å²) in [4.78, 5) is 106. The fraction of sp³-hybridized carbons (Fsp3) is 0.533. The lowest BCUT2D eigenvalue weighted by molar-refractivity contribution is -0.124. The zero-order valence-electron chi connectivity index (χ0n) is 63.9. The minimum Gasteiger partial charge on any atom is -0.306 e.